The first-order valence-corrected chi connectivity index (χ1v) is 44.6. The summed E-state index contributed by atoms with van der Waals surface area (Å²) in [6.07, 6.45) is 113. The summed E-state index contributed by atoms with van der Waals surface area (Å²) < 4.78 is 10.8. The third-order valence-corrected chi connectivity index (χ3v) is 21.4. The van der Waals surface area contributed by atoms with Crippen LogP contribution >= 0.6 is 0 Å². The Hall–Kier alpha value is -1.10. The second kappa shape index (κ2) is 86.1. The highest BCUT2D eigenvalue weighted by Crippen LogP contribution is 2.22. The van der Waals surface area contributed by atoms with E-state index in [4.69, 9.17) is 9.47 Å². The first-order valence-electron chi connectivity index (χ1n) is 44.6. The lowest BCUT2D eigenvalue weighted by Crippen LogP contribution is -2.28. The third-order valence-electron chi connectivity index (χ3n) is 21.4. The van der Waals surface area contributed by atoms with Gasteiger partial charge in [-0.25, -0.2) is 0 Å². The molecule has 5 nitrogen and oxygen atoms in total. The second-order valence-corrected chi connectivity index (χ2v) is 31.1. The van der Waals surface area contributed by atoms with Crippen LogP contribution in [0.25, 0.3) is 0 Å². The molecule has 0 aromatic heterocycles. The predicted molar refractivity (Wildman–Crippen MR) is 418 cm³/mol. The fraction of sp³-hybridized carbons (Fsp3) is 0.978. The van der Waals surface area contributed by atoms with Crippen LogP contribution in [-0.4, -0.2) is 36.4 Å². The number of hydrogen-bond acceptors (Lipinski definition) is 5. The lowest BCUT2D eigenvalue weighted by molar-refractivity contribution is -0.161. The molecule has 0 radical (unpaired) electrons. The summed E-state index contributed by atoms with van der Waals surface area (Å²) >= 11 is 0. The molecule has 0 aromatic carbocycles. The van der Waals surface area contributed by atoms with Gasteiger partial charge in [-0.15, -0.1) is 0 Å². The smallest absolute Gasteiger partial charge is 0.306 e. The molecule has 1 atom stereocenters. The Bertz CT molecular complexity index is 1370. The van der Waals surface area contributed by atoms with Gasteiger partial charge < -0.3 is 14.6 Å². The monoisotopic (exact) mass is 1330 g/mol. The molecule has 5 heteroatoms. The number of ether oxygens (including phenoxy) is 2. The standard InChI is InChI=1S/C89H176O5/c1-3-5-7-9-11-13-15-17-19-21-23-25-27-29-31-33-35-37-39-41-43-44-46-48-50-52-54-56-58-60-62-64-66-68-70-72-74-76-78-80-82-84-89(92)94-87(85-90)86-93-88(91)83-81-79-77-75-73-71-69-67-65-63-61-59-57-55-53-51-49-47-45-42-40-38-36-34-32-30-28-26-24-22-20-18-16-14-12-10-8-6-4-2/h87,90H,3-86H2,1-2H3. The van der Waals surface area contributed by atoms with Crippen molar-refractivity contribution < 1.29 is 24.2 Å². The molecule has 94 heavy (non-hydrogen) atoms. The Balaban J connectivity index is 3.31. The van der Waals surface area contributed by atoms with Crippen LogP contribution in [0.15, 0.2) is 0 Å². The van der Waals surface area contributed by atoms with E-state index in [-0.39, 0.29) is 25.2 Å². The Morgan fingerprint density at radius 1 is 0.202 bits per heavy atom. The molecule has 0 aliphatic carbocycles. The first kappa shape index (κ1) is 92.9. The van der Waals surface area contributed by atoms with Crippen molar-refractivity contribution in [2.45, 2.75) is 546 Å². The zero-order valence-corrected chi connectivity index (χ0v) is 65.1. The summed E-state index contributed by atoms with van der Waals surface area (Å²) in [4.78, 5) is 24.8. The molecule has 1 unspecified atom stereocenters. The van der Waals surface area contributed by atoms with Gasteiger partial charge in [-0.2, -0.15) is 0 Å². The minimum absolute atomic E-state index is 0.0550. The number of aliphatic hydroxyl groups excluding tert-OH is 1. The van der Waals surface area contributed by atoms with Crippen LogP contribution in [0, 0.1) is 0 Å². The minimum atomic E-state index is -0.767. The SMILES string of the molecule is CCCCCCCCCCCCCCCCCCCCCCCCCCCCCCCCCCCCCCCCCCCC(=O)OC(CO)COC(=O)CCCCCCCCCCCCCCCCCCCCCCCCCCCCCCCCCCCCCCCCC. The molecule has 0 spiro atoms. The van der Waals surface area contributed by atoms with Crippen molar-refractivity contribution in [3.8, 4) is 0 Å². The van der Waals surface area contributed by atoms with Gasteiger partial charge in [0.05, 0.1) is 6.61 Å². The van der Waals surface area contributed by atoms with Gasteiger partial charge >= 0.3 is 11.9 Å². The van der Waals surface area contributed by atoms with Crippen molar-refractivity contribution in [3.05, 3.63) is 0 Å². The number of aliphatic hydroxyl groups is 1. The summed E-state index contributed by atoms with van der Waals surface area (Å²) in [5, 5.41) is 9.75. The summed E-state index contributed by atoms with van der Waals surface area (Å²) in [6.45, 7) is 4.24. The number of carbonyl (C=O) groups is 2. The van der Waals surface area contributed by atoms with E-state index in [0.29, 0.717) is 12.8 Å². The predicted octanol–water partition coefficient (Wildman–Crippen LogP) is 31.5. The highest BCUT2D eigenvalue weighted by Gasteiger charge is 2.16. The van der Waals surface area contributed by atoms with Crippen LogP contribution < -0.4 is 0 Å². The van der Waals surface area contributed by atoms with E-state index < -0.39 is 6.10 Å². The van der Waals surface area contributed by atoms with Crippen LogP contribution in [0.1, 0.15) is 540 Å². The second-order valence-electron chi connectivity index (χ2n) is 31.1. The summed E-state index contributed by atoms with van der Waals surface area (Å²) in [7, 11) is 0. The van der Waals surface area contributed by atoms with E-state index in [9.17, 15) is 14.7 Å². The van der Waals surface area contributed by atoms with Gasteiger partial charge in [-0.1, -0.05) is 515 Å². The molecule has 0 bridgehead atoms. The fourth-order valence-electron chi connectivity index (χ4n) is 14.7. The molecule has 0 rings (SSSR count). The number of esters is 2. The van der Waals surface area contributed by atoms with Crippen LogP contribution in [-0.2, 0) is 19.1 Å². The van der Waals surface area contributed by atoms with Gasteiger partial charge in [0, 0.05) is 12.8 Å². The van der Waals surface area contributed by atoms with E-state index in [1.54, 1.807) is 0 Å². The zero-order valence-electron chi connectivity index (χ0n) is 65.1. The fourth-order valence-corrected chi connectivity index (χ4v) is 14.7. The number of unbranched alkanes of at least 4 members (excludes halogenated alkanes) is 78. The molecule has 562 valence electrons. The van der Waals surface area contributed by atoms with Crippen LogP contribution in [0.5, 0.6) is 0 Å². The maximum atomic E-state index is 12.4. The molecule has 0 amide bonds. The lowest BCUT2D eigenvalue weighted by Gasteiger charge is -2.15. The maximum Gasteiger partial charge on any atom is 0.306 e. The van der Waals surface area contributed by atoms with Crippen molar-refractivity contribution >= 4 is 11.9 Å². The average molecular weight is 1330 g/mol. The van der Waals surface area contributed by atoms with E-state index >= 15 is 0 Å². The average Bonchev–Trinajstić information content (AvgIpc) is 3.77. The highest BCUT2D eigenvalue weighted by molar-refractivity contribution is 5.70. The largest absolute Gasteiger partial charge is 0.462 e. The van der Waals surface area contributed by atoms with E-state index in [1.165, 1.54) is 482 Å². The molecule has 1 N–H and O–H groups in total. The highest BCUT2D eigenvalue weighted by atomic mass is 16.6. The van der Waals surface area contributed by atoms with Gasteiger partial charge in [0.15, 0.2) is 6.10 Å². The van der Waals surface area contributed by atoms with Crippen molar-refractivity contribution in [1.29, 1.82) is 0 Å². The Kier molecular flexibility index (Phi) is 85.1. The lowest BCUT2D eigenvalue weighted by atomic mass is 10.0. The number of carbonyl (C=O) groups excluding carboxylic acids is 2. The Morgan fingerprint density at radius 2 is 0.330 bits per heavy atom. The van der Waals surface area contributed by atoms with Crippen LogP contribution in [0.3, 0.4) is 0 Å². The minimum Gasteiger partial charge on any atom is -0.462 e. The van der Waals surface area contributed by atoms with Gasteiger partial charge in [0.2, 0.25) is 0 Å². The quantitative estimate of drug-likeness (QED) is 0.0485. The topological polar surface area (TPSA) is 72.8 Å². The first-order chi connectivity index (χ1) is 46.6. The van der Waals surface area contributed by atoms with E-state index in [2.05, 4.69) is 13.8 Å². The van der Waals surface area contributed by atoms with Crippen molar-refractivity contribution in [2.75, 3.05) is 13.2 Å². The molecular weight excluding hydrogens is 1150 g/mol. The third kappa shape index (κ3) is 83.3. The van der Waals surface area contributed by atoms with Crippen molar-refractivity contribution in [1.82, 2.24) is 0 Å². The Labute approximate surface area is 592 Å². The van der Waals surface area contributed by atoms with Gasteiger partial charge in [-0.05, 0) is 12.8 Å². The zero-order chi connectivity index (χ0) is 67.5. The number of hydrogen-bond donors (Lipinski definition) is 1. The maximum absolute atomic E-state index is 12.4. The summed E-state index contributed by atoms with van der Waals surface area (Å²) in [5.41, 5.74) is 0. The van der Waals surface area contributed by atoms with E-state index in [0.717, 1.165) is 32.1 Å². The number of rotatable bonds is 86. The molecule has 0 fully saturated rings. The Morgan fingerprint density at radius 3 is 0.468 bits per heavy atom. The molecule has 0 heterocycles. The molecular formula is C89H176O5. The molecule has 0 aliphatic rings. The van der Waals surface area contributed by atoms with Gasteiger partial charge in [-0.3, -0.25) is 9.59 Å². The van der Waals surface area contributed by atoms with E-state index in [1.807, 2.05) is 0 Å². The van der Waals surface area contributed by atoms with Crippen molar-refractivity contribution in [2.24, 2.45) is 0 Å². The van der Waals surface area contributed by atoms with Crippen LogP contribution in [0.4, 0.5) is 0 Å². The normalized spacial score (nSPS) is 12.0. The van der Waals surface area contributed by atoms with Crippen molar-refractivity contribution in [3.63, 3.8) is 0 Å². The van der Waals surface area contributed by atoms with Gasteiger partial charge in [0.1, 0.15) is 6.61 Å². The van der Waals surface area contributed by atoms with Crippen LogP contribution in [0.2, 0.25) is 0 Å². The molecule has 0 aromatic rings. The van der Waals surface area contributed by atoms with Gasteiger partial charge in [0.25, 0.3) is 0 Å². The molecule has 0 saturated carbocycles. The summed E-state index contributed by atoms with van der Waals surface area (Å²) in [5.74, 6) is -0.554. The molecule has 0 saturated heterocycles. The molecule has 0 aliphatic heterocycles. The summed E-state index contributed by atoms with van der Waals surface area (Å²) in [6, 6.07) is 0.